The molecule has 1 N–H and O–H groups in total. The van der Waals surface area contributed by atoms with E-state index in [0.29, 0.717) is 5.56 Å². The lowest BCUT2D eigenvalue weighted by atomic mass is 10.0. The molecule has 0 fully saturated rings. The maximum atomic E-state index is 12.0. The van der Waals surface area contributed by atoms with Crippen molar-refractivity contribution in [2.45, 2.75) is 38.8 Å². The minimum Gasteiger partial charge on any atom is -0.490 e. The maximum Gasteiger partial charge on any atom is 0.408 e. The third kappa shape index (κ3) is 6.07. The van der Waals surface area contributed by atoms with E-state index in [4.69, 9.17) is 21.1 Å². The highest BCUT2D eigenvalue weighted by Gasteiger charge is 2.27. The normalized spacial score (nSPS) is 12.1. The van der Waals surface area contributed by atoms with Gasteiger partial charge in [0, 0.05) is 12.5 Å². The molecule has 9 nitrogen and oxygen atoms in total. The van der Waals surface area contributed by atoms with E-state index >= 15 is 0 Å². The van der Waals surface area contributed by atoms with E-state index in [2.05, 4.69) is 10.1 Å². The summed E-state index contributed by atoms with van der Waals surface area (Å²) in [6, 6.07) is 1.36. The summed E-state index contributed by atoms with van der Waals surface area (Å²) < 4.78 is 14.8. The number of carbonyl (C=O) groups excluding carboxylic acids is 2. The molecular formula is C16H21ClN2O7. The van der Waals surface area contributed by atoms with Crippen LogP contribution in [0.3, 0.4) is 0 Å². The molecule has 0 bridgehead atoms. The number of nitrogens with one attached hydrogen (secondary N) is 1. The molecule has 1 aromatic carbocycles. The fraction of sp³-hybridized carbons (Fsp3) is 0.500. The molecule has 0 saturated heterocycles. The summed E-state index contributed by atoms with van der Waals surface area (Å²) in [6.45, 7) is 5.04. The fourth-order valence-electron chi connectivity index (χ4n) is 2.05. The zero-order valence-corrected chi connectivity index (χ0v) is 15.9. The highest BCUT2D eigenvalue weighted by atomic mass is 35.5. The average molecular weight is 389 g/mol. The number of nitro groups is 1. The lowest BCUT2D eigenvalue weighted by Gasteiger charge is -2.23. The van der Waals surface area contributed by atoms with Crippen LogP contribution in [0.5, 0.6) is 5.75 Å². The first-order valence-corrected chi connectivity index (χ1v) is 7.94. The standard InChI is InChI=1S/C16H21ClN2O7/c1-16(2,3)26-15(21)18-11(14(20)25-5)6-9-7-13(24-4)12(19(22)23)8-10(9)17/h7-8,11H,6H2,1-5H3,(H,18,21)/t11-/m0/s1. The largest absolute Gasteiger partial charge is 0.490 e. The molecule has 0 heterocycles. The van der Waals surface area contributed by atoms with Gasteiger partial charge in [-0.05, 0) is 32.4 Å². The van der Waals surface area contributed by atoms with E-state index in [1.807, 2.05) is 0 Å². The molecule has 1 atom stereocenters. The Balaban J connectivity index is 3.10. The molecule has 0 aliphatic rings. The van der Waals surface area contributed by atoms with Gasteiger partial charge < -0.3 is 19.5 Å². The number of methoxy groups -OCH3 is 2. The van der Waals surface area contributed by atoms with Gasteiger partial charge >= 0.3 is 17.7 Å². The summed E-state index contributed by atoms with van der Waals surface area (Å²) in [7, 11) is 2.45. The summed E-state index contributed by atoms with van der Waals surface area (Å²) in [4.78, 5) is 34.3. The van der Waals surface area contributed by atoms with Crippen LogP contribution in [0.1, 0.15) is 26.3 Å². The van der Waals surface area contributed by atoms with Crippen molar-refractivity contribution in [3.63, 3.8) is 0 Å². The number of nitrogens with zero attached hydrogens (tertiary/aromatic N) is 1. The molecule has 0 aliphatic carbocycles. The highest BCUT2D eigenvalue weighted by molar-refractivity contribution is 6.31. The van der Waals surface area contributed by atoms with Crippen LogP contribution in [0, 0.1) is 10.1 Å². The van der Waals surface area contributed by atoms with Gasteiger partial charge in [0.1, 0.15) is 11.6 Å². The molecule has 0 saturated carbocycles. The van der Waals surface area contributed by atoms with Crippen LogP contribution in [-0.2, 0) is 20.7 Å². The van der Waals surface area contributed by atoms with Gasteiger partial charge in [0.2, 0.25) is 0 Å². The Morgan fingerprint density at radius 3 is 2.38 bits per heavy atom. The van der Waals surface area contributed by atoms with Gasteiger partial charge in [-0.25, -0.2) is 9.59 Å². The number of hydrogen-bond donors (Lipinski definition) is 1. The molecule has 1 aromatic rings. The monoisotopic (exact) mass is 388 g/mol. The second-order valence-corrected chi connectivity index (χ2v) is 6.71. The molecule has 10 heteroatoms. The Kier molecular flexibility index (Phi) is 7.19. The number of hydrogen-bond acceptors (Lipinski definition) is 7. The Morgan fingerprint density at radius 1 is 1.31 bits per heavy atom. The van der Waals surface area contributed by atoms with Crippen LogP contribution in [0.25, 0.3) is 0 Å². The number of esters is 1. The number of halogens is 1. The molecule has 0 aromatic heterocycles. The van der Waals surface area contributed by atoms with Crippen molar-refractivity contribution >= 4 is 29.4 Å². The van der Waals surface area contributed by atoms with Gasteiger partial charge in [-0.1, -0.05) is 11.6 Å². The second-order valence-electron chi connectivity index (χ2n) is 6.30. The first kappa shape index (κ1) is 21.5. The van der Waals surface area contributed by atoms with Crippen LogP contribution < -0.4 is 10.1 Å². The molecule has 0 unspecified atom stereocenters. The lowest BCUT2D eigenvalue weighted by Crippen LogP contribution is -2.45. The molecule has 26 heavy (non-hydrogen) atoms. The minimum atomic E-state index is -1.10. The summed E-state index contributed by atoms with van der Waals surface area (Å²) >= 11 is 6.08. The Labute approximate surface area is 155 Å². The number of alkyl carbamates (subject to hydrolysis) is 1. The molecule has 0 spiro atoms. The van der Waals surface area contributed by atoms with Crippen molar-refractivity contribution in [3.05, 3.63) is 32.8 Å². The van der Waals surface area contributed by atoms with Crippen LogP contribution in [0.4, 0.5) is 10.5 Å². The topological polar surface area (TPSA) is 117 Å². The van der Waals surface area contributed by atoms with Gasteiger partial charge in [-0.15, -0.1) is 0 Å². The quantitative estimate of drug-likeness (QED) is 0.452. The summed E-state index contributed by atoms with van der Waals surface area (Å²) in [5, 5.41) is 13.5. The zero-order valence-electron chi connectivity index (χ0n) is 15.1. The number of carbonyl (C=O) groups is 2. The molecule has 0 radical (unpaired) electrons. The molecule has 144 valence electrons. The summed E-state index contributed by atoms with van der Waals surface area (Å²) in [5.41, 5.74) is -0.699. The molecular weight excluding hydrogens is 368 g/mol. The van der Waals surface area contributed by atoms with E-state index in [-0.39, 0.29) is 22.9 Å². The van der Waals surface area contributed by atoms with Crippen LogP contribution in [0.15, 0.2) is 12.1 Å². The van der Waals surface area contributed by atoms with Crippen LogP contribution >= 0.6 is 11.6 Å². The first-order valence-electron chi connectivity index (χ1n) is 7.56. The van der Waals surface area contributed by atoms with Gasteiger partial charge in [-0.2, -0.15) is 0 Å². The van der Waals surface area contributed by atoms with Gasteiger partial charge in [0.05, 0.1) is 24.2 Å². The summed E-state index contributed by atoms with van der Waals surface area (Å²) in [6.07, 6.45) is -0.878. The molecule has 1 amide bonds. The van der Waals surface area contributed by atoms with Crippen molar-refractivity contribution in [1.82, 2.24) is 5.32 Å². The van der Waals surface area contributed by atoms with Gasteiger partial charge in [-0.3, -0.25) is 10.1 Å². The van der Waals surface area contributed by atoms with Crippen molar-refractivity contribution in [1.29, 1.82) is 0 Å². The Morgan fingerprint density at radius 2 is 1.92 bits per heavy atom. The van der Waals surface area contributed by atoms with Gasteiger partial charge in [0.15, 0.2) is 5.75 Å². The predicted molar refractivity (Wildman–Crippen MR) is 93.5 cm³/mol. The van der Waals surface area contributed by atoms with E-state index in [1.165, 1.54) is 20.3 Å². The average Bonchev–Trinajstić information content (AvgIpc) is 2.52. The van der Waals surface area contributed by atoms with E-state index in [0.717, 1.165) is 6.07 Å². The third-order valence-electron chi connectivity index (χ3n) is 3.15. The van der Waals surface area contributed by atoms with E-state index in [9.17, 15) is 19.7 Å². The number of rotatable bonds is 6. The number of nitro benzene ring substituents is 1. The van der Waals surface area contributed by atoms with Crippen molar-refractivity contribution < 1.29 is 28.7 Å². The van der Waals surface area contributed by atoms with Crippen LogP contribution in [-0.4, -0.2) is 42.8 Å². The minimum absolute atomic E-state index is 0.0183. The fourth-order valence-corrected chi connectivity index (χ4v) is 2.29. The SMILES string of the molecule is COC(=O)[C@H](Cc1cc(OC)c([N+](=O)[O-])cc1Cl)NC(=O)OC(C)(C)C. The first-order chi connectivity index (χ1) is 12.0. The number of ether oxygens (including phenoxy) is 3. The summed E-state index contributed by atoms with van der Waals surface area (Å²) in [5.74, 6) is -0.737. The second kappa shape index (κ2) is 8.70. The van der Waals surface area contributed by atoms with E-state index < -0.39 is 28.6 Å². The van der Waals surface area contributed by atoms with Gasteiger partial charge in [0.25, 0.3) is 0 Å². The number of benzene rings is 1. The molecule has 0 aliphatic heterocycles. The lowest BCUT2D eigenvalue weighted by molar-refractivity contribution is -0.385. The molecule has 1 rings (SSSR count). The van der Waals surface area contributed by atoms with Crippen LogP contribution in [0.2, 0.25) is 5.02 Å². The zero-order chi connectivity index (χ0) is 20.1. The highest BCUT2D eigenvalue weighted by Crippen LogP contribution is 2.33. The Hall–Kier alpha value is -2.55. The Bertz CT molecular complexity index is 701. The van der Waals surface area contributed by atoms with Crippen molar-refractivity contribution in [2.24, 2.45) is 0 Å². The maximum absolute atomic E-state index is 12.0. The predicted octanol–water partition coefficient (Wildman–Crippen LogP) is 2.87. The third-order valence-corrected chi connectivity index (χ3v) is 3.50. The van der Waals surface area contributed by atoms with E-state index in [1.54, 1.807) is 20.8 Å². The smallest absolute Gasteiger partial charge is 0.408 e. The van der Waals surface area contributed by atoms with Crippen molar-refractivity contribution in [2.75, 3.05) is 14.2 Å². The number of amides is 1. The van der Waals surface area contributed by atoms with Crippen molar-refractivity contribution in [3.8, 4) is 5.75 Å².